The highest BCUT2D eigenvalue weighted by molar-refractivity contribution is 7.12. The third-order valence-corrected chi connectivity index (χ3v) is 4.18. The highest BCUT2D eigenvalue weighted by Gasteiger charge is 2.34. The summed E-state index contributed by atoms with van der Waals surface area (Å²) in [6, 6.07) is 4.92. The summed E-state index contributed by atoms with van der Waals surface area (Å²) in [5.74, 6) is -0.730. The zero-order valence-electron chi connectivity index (χ0n) is 9.64. The largest absolute Gasteiger partial charge is 0.480 e. The van der Waals surface area contributed by atoms with Crippen LogP contribution in [0, 0.1) is 6.92 Å². The van der Waals surface area contributed by atoms with Crippen molar-refractivity contribution in [3.05, 3.63) is 21.9 Å². The van der Waals surface area contributed by atoms with Crippen molar-refractivity contribution >= 4 is 17.3 Å². The fourth-order valence-corrected chi connectivity index (χ4v) is 2.94. The Bertz CT molecular complexity index is 384. The Labute approximate surface area is 99.7 Å². The minimum atomic E-state index is -0.730. The maximum absolute atomic E-state index is 10.8. The Morgan fingerprint density at radius 1 is 1.62 bits per heavy atom. The van der Waals surface area contributed by atoms with Crippen molar-refractivity contribution in [2.45, 2.75) is 38.8 Å². The van der Waals surface area contributed by atoms with Crippen molar-refractivity contribution in [2.24, 2.45) is 0 Å². The fourth-order valence-electron chi connectivity index (χ4n) is 1.99. The molecule has 1 aromatic heterocycles. The molecule has 4 heteroatoms. The van der Waals surface area contributed by atoms with Crippen LogP contribution in [0.2, 0.25) is 0 Å². The summed E-state index contributed by atoms with van der Waals surface area (Å²) >= 11 is 1.76. The molecule has 88 valence electrons. The summed E-state index contributed by atoms with van der Waals surface area (Å²) in [4.78, 5) is 15.5. The Hall–Kier alpha value is -0.870. The van der Waals surface area contributed by atoms with Gasteiger partial charge in [0.1, 0.15) is 0 Å². The number of aryl methyl sites for hydroxylation is 1. The predicted octanol–water partition coefficient (Wildman–Crippen LogP) is 2.67. The SMILES string of the molecule is Cc1ccc(C(C)N(CC(=O)O)C2CC2)s1. The van der Waals surface area contributed by atoms with Gasteiger partial charge in [-0.2, -0.15) is 0 Å². The number of carboxylic acids is 1. The molecule has 3 nitrogen and oxygen atoms in total. The molecule has 0 aromatic carbocycles. The molecule has 1 aromatic rings. The first-order valence-corrected chi connectivity index (χ1v) is 6.43. The summed E-state index contributed by atoms with van der Waals surface area (Å²) in [5.41, 5.74) is 0. The zero-order valence-corrected chi connectivity index (χ0v) is 10.5. The maximum atomic E-state index is 10.8. The molecule has 1 unspecified atom stereocenters. The van der Waals surface area contributed by atoms with Crippen molar-refractivity contribution in [1.82, 2.24) is 4.90 Å². The van der Waals surface area contributed by atoms with Gasteiger partial charge in [0.2, 0.25) is 0 Å². The fraction of sp³-hybridized carbons (Fsp3) is 0.583. The van der Waals surface area contributed by atoms with Gasteiger partial charge in [-0.15, -0.1) is 11.3 Å². The van der Waals surface area contributed by atoms with Crippen LogP contribution in [0.1, 0.15) is 35.6 Å². The average molecular weight is 239 g/mol. The second-order valence-corrected chi connectivity index (χ2v) is 5.74. The lowest BCUT2D eigenvalue weighted by Gasteiger charge is -2.26. The summed E-state index contributed by atoms with van der Waals surface area (Å²) in [7, 11) is 0. The van der Waals surface area contributed by atoms with E-state index in [4.69, 9.17) is 5.11 Å². The van der Waals surface area contributed by atoms with Gasteiger partial charge in [-0.05, 0) is 38.8 Å². The van der Waals surface area contributed by atoms with Crippen LogP contribution in [0.3, 0.4) is 0 Å². The van der Waals surface area contributed by atoms with Crippen LogP contribution in [-0.2, 0) is 4.79 Å². The van der Waals surface area contributed by atoms with E-state index in [0.717, 1.165) is 12.8 Å². The minimum Gasteiger partial charge on any atom is -0.480 e. The zero-order chi connectivity index (χ0) is 11.7. The van der Waals surface area contributed by atoms with Crippen molar-refractivity contribution in [3.63, 3.8) is 0 Å². The summed E-state index contributed by atoms with van der Waals surface area (Å²) in [5, 5.41) is 8.92. The molecule has 1 fully saturated rings. The van der Waals surface area contributed by atoms with E-state index in [1.165, 1.54) is 9.75 Å². The van der Waals surface area contributed by atoms with Crippen LogP contribution in [0.25, 0.3) is 0 Å². The van der Waals surface area contributed by atoms with Gasteiger partial charge < -0.3 is 5.11 Å². The van der Waals surface area contributed by atoms with E-state index in [-0.39, 0.29) is 12.6 Å². The number of rotatable bonds is 5. The first-order valence-electron chi connectivity index (χ1n) is 5.62. The molecule has 16 heavy (non-hydrogen) atoms. The van der Waals surface area contributed by atoms with Gasteiger partial charge in [0.25, 0.3) is 0 Å². The number of hydrogen-bond acceptors (Lipinski definition) is 3. The number of hydrogen-bond donors (Lipinski definition) is 1. The molecule has 0 spiro atoms. The van der Waals surface area contributed by atoms with E-state index in [1.54, 1.807) is 11.3 Å². The molecule has 0 amide bonds. The number of carboxylic acid groups (broad SMARTS) is 1. The van der Waals surface area contributed by atoms with E-state index in [1.807, 2.05) is 0 Å². The van der Waals surface area contributed by atoms with Crippen molar-refractivity contribution < 1.29 is 9.90 Å². The Kier molecular flexibility index (Phi) is 3.30. The Morgan fingerprint density at radius 3 is 2.75 bits per heavy atom. The molecule has 1 aliphatic carbocycles. The molecule has 0 radical (unpaired) electrons. The predicted molar refractivity (Wildman–Crippen MR) is 64.8 cm³/mol. The topological polar surface area (TPSA) is 40.5 Å². The highest BCUT2D eigenvalue weighted by atomic mass is 32.1. The average Bonchev–Trinajstić information content (AvgIpc) is 2.96. The van der Waals surface area contributed by atoms with E-state index in [0.29, 0.717) is 6.04 Å². The van der Waals surface area contributed by atoms with Crippen LogP contribution in [-0.4, -0.2) is 28.6 Å². The number of nitrogens with zero attached hydrogens (tertiary/aromatic N) is 1. The normalized spacial score (nSPS) is 17.7. The third kappa shape index (κ3) is 2.62. The van der Waals surface area contributed by atoms with Gasteiger partial charge in [-0.1, -0.05) is 0 Å². The molecule has 1 N–H and O–H groups in total. The van der Waals surface area contributed by atoms with Crippen molar-refractivity contribution in [2.75, 3.05) is 6.54 Å². The van der Waals surface area contributed by atoms with Crippen molar-refractivity contribution in [1.29, 1.82) is 0 Å². The number of carbonyl (C=O) groups is 1. The minimum absolute atomic E-state index is 0.156. The lowest BCUT2D eigenvalue weighted by molar-refractivity contribution is -0.139. The van der Waals surface area contributed by atoms with Crippen LogP contribution < -0.4 is 0 Å². The van der Waals surface area contributed by atoms with E-state index in [9.17, 15) is 4.79 Å². The van der Waals surface area contributed by atoms with E-state index in [2.05, 4.69) is 30.9 Å². The number of aliphatic carboxylic acids is 1. The van der Waals surface area contributed by atoms with E-state index >= 15 is 0 Å². The standard InChI is InChI=1S/C12H17NO2S/c1-8-3-6-11(16-8)9(2)13(7-12(14)15)10-4-5-10/h3,6,9-10H,4-5,7H2,1-2H3,(H,14,15). The first kappa shape index (κ1) is 11.6. The molecule has 1 saturated carbocycles. The highest BCUT2D eigenvalue weighted by Crippen LogP contribution is 2.36. The van der Waals surface area contributed by atoms with Crippen molar-refractivity contribution in [3.8, 4) is 0 Å². The quantitative estimate of drug-likeness (QED) is 0.858. The second-order valence-electron chi connectivity index (χ2n) is 4.42. The first-order chi connectivity index (χ1) is 7.58. The van der Waals surface area contributed by atoms with Gasteiger partial charge in [0, 0.05) is 21.8 Å². The molecule has 1 heterocycles. The molecular formula is C12H17NO2S. The van der Waals surface area contributed by atoms with Gasteiger partial charge in [0.15, 0.2) is 0 Å². The van der Waals surface area contributed by atoms with Crippen LogP contribution in [0.4, 0.5) is 0 Å². The summed E-state index contributed by atoms with van der Waals surface area (Å²) < 4.78 is 0. The lowest BCUT2D eigenvalue weighted by Crippen LogP contribution is -2.33. The van der Waals surface area contributed by atoms with E-state index < -0.39 is 5.97 Å². The molecule has 1 aliphatic rings. The number of thiophene rings is 1. The monoisotopic (exact) mass is 239 g/mol. The molecule has 2 rings (SSSR count). The van der Waals surface area contributed by atoms with Crippen LogP contribution in [0.5, 0.6) is 0 Å². The third-order valence-electron chi connectivity index (χ3n) is 3.00. The smallest absolute Gasteiger partial charge is 0.317 e. The van der Waals surface area contributed by atoms with Gasteiger partial charge in [-0.25, -0.2) is 0 Å². The summed E-state index contributed by atoms with van der Waals surface area (Å²) in [6.45, 7) is 4.34. The molecular weight excluding hydrogens is 222 g/mol. The lowest BCUT2D eigenvalue weighted by atomic mass is 10.2. The Balaban J connectivity index is 2.10. The van der Waals surface area contributed by atoms with Gasteiger partial charge in [0.05, 0.1) is 6.54 Å². The summed E-state index contributed by atoms with van der Waals surface area (Å²) in [6.07, 6.45) is 2.28. The molecule has 0 saturated heterocycles. The van der Waals surface area contributed by atoms with Crippen LogP contribution in [0.15, 0.2) is 12.1 Å². The molecule has 0 bridgehead atoms. The maximum Gasteiger partial charge on any atom is 0.317 e. The van der Waals surface area contributed by atoms with Gasteiger partial charge in [-0.3, -0.25) is 9.69 Å². The van der Waals surface area contributed by atoms with Gasteiger partial charge >= 0.3 is 5.97 Å². The van der Waals surface area contributed by atoms with Crippen LogP contribution >= 0.6 is 11.3 Å². The molecule has 0 aliphatic heterocycles. The Morgan fingerprint density at radius 2 is 2.31 bits per heavy atom. The second kappa shape index (κ2) is 4.55. The molecule has 1 atom stereocenters.